The van der Waals surface area contributed by atoms with E-state index in [1.54, 1.807) is 18.1 Å². The predicted molar refractivity (Wildman–Crippen MR) is 146 cm³/mol. The van der Waals surface area contributed by atoms with Crippen LogP contribution in [0.5, 0.6) is 0 Å². The Hall–Kier alpha value is 0.716. The fourth-order valence-corrected chi connectivity index (χ4v) is 13.7. The molecular formula is C24H57BSi3. The van der Waals surface area contributed by atoms with Gasteiger partial charge in [-0.15, -0.1) is 0 Å². The van der Waals surface area contributed by atoms with E-state index in [0.29, 0.717) is 0 Å². The van der Waals surface area contributed by atoms with Gasteiger partial charge in [-0.25, -0.2) is 0 Å². The Kier molecular flexibility index (Phi) is 15.0. The van der Waals surface area contributed by atoms with Gasteiger partial charge in [0.1, 0.15) is 6.71 Å². The third-order valence-corrected chi connectivity index (χ3v) is 17.9. The molecule has 0 aliphatic rings. The van der Waals surface area contributed by atoms with Crippen LogP contribution in [0, 0.1) is 0 Å². The number of hydrogen-bond acceptors (Lipinski definition) is 0. The molecule has 168 valence electrons. The fraction of sp³-hybridized carbons (Fsp3) is 1.00. The summed E-state index contributed by atoms with van der Waals surface area (Å²) in [6.07, 6.45) is 13.4. The van der Waals surface area contributed by atoms with Crippen molar-refractivity contribution >= 4 is 30.9 Å². The van der Waals surface area contributed by atoms with E-state index < -0.39 is 24.2 Å². The average Bonchev–Trinajstić information content (AvgIpc) is 2.53. The van der Waals surface area contributed by atoms with Gasteiger partial charge in [0.05, 0.1) is 0 Å². The molecule has 0 saturated heterocycles. The molecule has 0 fully saturated rings. The van der Waals surface area contributed by atoms with Crippen molar-refractivity contribution < 1.29 is 0 Å². The normalized spacial score (nSPS) is 13.2. The van der Waals surface area contributed by atoms with Crippen molar-refractivity contribution in [2.45, 2.75) is 154 Å². The minimum absolute atomic E-state index is 0.900. The van der Waals surface area contributed by atoms with Crippen LogP contribution in [0.15, 0.2) is 0 Å². The number of rotatable bonds is 18. The van der Waals surface area contributed by atoms with Crippen molar-refractivity contribution in [3.8, 4) is 0 Å². The zero-order valence-electron chi connectivity index (χ0n) is 21.7. The van der Waals surface area contributed by atoms with Crippen molar-refractivity contribution in [2.75, 3.05) is 0 Å². The fourth-order valence-electron chi connectivity index (χ4n) is 5.45. The summed E-state index contributed by atoms with van der Waals surface area (Å²) in [6.45, 7) is 23.9. The standard InChI is InChI=1S/C24H57BSi3/c1-10-19-26(4,5)22-13-16-25(17-14-23-27(6,7)20-11-2)18-15-24-28(8,9)21-12-3/h10-24H2,1-9H3. The van der Waals surface area contributed by atoms with Crippen LogP contribution < -0.4 is 0 Å². The van der Waals surface area contributed by atoms with Gasteiger partial charge >= 0.3 is 0 Å². The molecule has 0 amide bonds. The molecule has 0 aliphatic carbocycles. The van der Waals surface area contributed by atoms with Gasteiger partial charge < -0.3 is 0 Å². The molecule has 0 unspecified atom stereocenters. The monoisotopic (exact) mass is 440 g/mol. The summed E-state index contributed by atoms with van der Waals surface area (Å²) in [7, 11) is -2.70. The van der Waals surface area contributed by atoms with Crippen molar-refractivity contribution in [3.05, 3.63) is 0 Å². The van der Waals surface area contributed by atoms with Gasteiger partial charge in [0.25, 0.3) is 0 Å². The molecule has 0 radical (unpaired) electrons. The lowest BCUT2D eigenvalue weighted by Gasteiger charge is -2.25. The third-order valence-electron chi connectivity index (χ3n) is 7.18. The SMILES string of the molecule is CCC[Si](C)(C)CCCB(CCC[Si](C)(C)CCC)CCC[Si](C)(C)CCC. The molecule has 0 saturated carbocycles. The topological polar surface area (TPSA) is 0 Å². The van der Waals surface area contributed by atoms with Gasteiger partial charge in [0, 0.05) is 24.2 Å². The van der Waals surface area contributed by atoms with E-state index >= 15 is 0 Å². The highest BCUT2D eigenvalue weighted by Crippen LogP contribution is 2.28. The zero-order valence-corrected chi connectivity index (χ0v) is 24.7. The smallest absolute Gasteiger partial charge is 0.0744 e. The molecule has 0 nitrogen and oxygen atoms in total. The first kappa shape index (κ1) is 28.7. The highest BCUT2D eigenvalue weighted by Gasteiger charge is 2.24. The second-order valence-corrected chi connectivity index (χ2v) is 28.3. The molecule has 0 aliphatic heterocycles. The van der Waals surface area contributed by atoms with Gasteiger partial charge in [-0.1, -0.05) is 154 Å². The van der Waals surface area contributed by atoms with Crippen LogP contribution in [-0.4, -0.2) is 30.9 Å². The van der Waals surface area contributed by atoms with E-state index in [1.807, 2.05) is 0 Å². The molecule has 4 heteroatoms. The van der Waals surface area contributed by atoms with E-state index in [4.69, 9.17) is 0 Å². The summed E-state index contributed by atoms with van der Waals surface area (Å²) in [6, 6.07) is 9.32. The predicted octanol–water partition coefficient (Wildman–Crippen LogP) is 10.0. The summed E-state index contributed by atoms with van der Waals surface area (Å²) in [5.74, 6) is 0. The van der Waals surface area contributed by atoms with E-state index in [1.165, 1.54) is 75.6 Å². The van der Waals surface area contributed by atoms with Crippen LogP contribution in [0.25, 0.3) is 0 Å². The Morgan fingerprint density at radius 2 is 0.679 bits per heavy atom. The first-order chi connectivity index (χ1) is 13.0. The summed E-state index contributed by atoms with van der Waals surface area (Å²) in [5, 5.41) is 0. The van der Waals surface area contributed by atoms with Crippen LogP contribution >= 0.6 is 0 Å². The Balaban J connectivity index is 4.52. The quantitative estimate of drug-likeness (QED) is 0.186. The largest absolute Gasteiger partial charge is 0.139 e. The number of hydrogen-bond donors (Lipinski definition) is 0. The maximum Gasteiger partial charge on any atom is 0.139 e. The molecular weight excluding hydrogens is 383 g/mol. The molecule has 0 heterocycles. The zero-order chi connectivity index (χ0) is 21.7. The highest BCUT2D eigenvalue weighted by molar-refractivity contribution is 6.78. The molecule has 0 aromatic rings. The van der Waals surface area contributed by atoms with Gasteiger partial charge in [-0.05, 0) is 0 Å². The van der Waals surface area contributed by atoms with Crippen LogP contribution in [0.4, 0.5) is 0 Å². The van der Waals surface area contributed by atoms with Crippen molar-refractivity contribution in [1.29, 1.82) is 0 Å². The summed E-state index contributed by atoms with van der Waals surface area (Å²) >= 11 is 0. The van der Waals surface area contributed by atoms with Crippen molar-refractivity contribution in [2.24, 2.45) is 0 Å². The van der Waals surface area contributed by atoms with E-state index in [0.717, 1.165) is 6.71 Å². The van der Waals surface area contributed by atoms with Crippen molar-refractivity contribution in [3.63, 3.8) is 0 Å². The molecule has 0 atom stereocenters. The molecule has 0 bridgehead atoms. The molecule has 0 aromatic heterocycles. The Labute approximate surface area is 184 Å². The lowest BCUT2D eigenvalue weighted by atomic mass is 9.41. The van der Waals surface area contributed by atoms with Gasteiger partial charge in [-0.2, -0.15) is 0 Å². The summed E-state index contributed by atoms with van der Waals surface area (Å²) in [4.78, 5) is 0. The van der Waals surface area contributed by atoms with Crippen LogP contribution in [-0.2, 0) is 0 Å². The highest BCUT2D eigenvalue weighted by atomic mass is 28.3. The minimum atomic E-state index is -0.900. The Morgan fingerprint density at radius 3 is 0.893 bits per heavy atom. The van der Waals surface area contributed by atoms with Crippen LogP contribution in [0.3, 0.4) is 0 Å². The lowest BCUT2D eigenvalue weighted by molar-refractivity contribution is 0.911. The van der Waals surface area contributed by atoms with E-state index in [2.05, 4.69) is 60.1 Å². The summed E-state index contributed by atoms with van der Waals surface area (Å²) in [5.41, 5.74) is 0. The lowest BCUT2D eigenvalue weighted by Crippen LogP contribution is -2.27. The minimum Gasteiger partial charge on any atom is -0.0744 e. The van der Waals surface area contributed by atoms with Gasteiger partial charge in [-0.3, -0.25) is 0 Å². The van der Waals surface area contributed by atoms with Gasteiger partial charge in [0.15, 0.2) is 0 Å². The van der Waals surface area contributed by atoms with E-state index in [9.17, 15) is 0 Å². The molecule has 0 N–H and O–H groups in total. The maximum atomic E-state index is 2.63. The second-order valence-electron chi connectivity index (χ2n) is 12.3. The summed E-state index contributed by atoms with van der Waals surface area (Å²) < 4.78 is 0. The Bertz CT molecular complexity index is 323. The Morgan fingerprint density at radius 1 is 0.429 bits per heavy atom. The van der Waals surface area contributed by atoms with Gasteiger partial charge in [0.2, 0.25) is 0 Å². The van der Waals surface area contributed by atoms with Crippen LogP contribution in [0.2, 0.25) is 94.5 Å². The molecule has 0 rings (SSSR count). The molecule has 0 spiro atoms. The first-order valence-corrected chi connectivity index (χ1v) is 23.2. The van der Waals surface area contributed by atoms with E-state index in [-0.39, 0.29) is 0 Å². The molecule has 0 aromatic carbocycles. The average molecular weight is 441 g/mol. The second kappa shape index (κ2) is 14.7. The molecule has 28 heavy (non-hydrogen) atoms. The van der Waals surface area contributed by atoms with Crippen molar-refractivity contribution in [1.82, 2.24) is 0 Å². The third kappa shape index (κ3) is 15.5. The first-order valence-electron chi connectivity index (χ1n) is 13.0. The van der Waals surface area contributed by atoms with Crippen LogP contribution in [0.1, 0.15) is 59.3 Å². The maximum absolute atomic E-state index is 2.63.